The molecule has 0 aromatic heterocycles. The molecule has 0 amide bonds. The van der Waals surface area contributed by atoms with Crippen LogP contribution in [0.5, 0.6) is 0 Å². The summed E-state index contributed by atoms with van der Waals surface area (Å²) in [6, 6.07) is 1.55. The SMILES string of the molecule is CC(C)CNCCC(C)N(C)C1CCC(C)CC1. The van der Waals surface area contributed by atoms with E-state index in [-0.39, 0.29) is 0 Å². The lowest BCUT2D eigenvalue weighted by Crippen LogP contribution is -2.42. The van der Waals surface area contributed by atoms with Gasteiger partial charge >= 0.3 is 0 Å². The molecule has 1 aliphatic rings. The Hall–Kier alpha value is -0.0800. The van der Waals surface area contributed by atoms with Gasteiger partial charge in [-0.3, -0.25) is 0 Å². The van der Waals surface area contributed by atoms with E-state index in [1.165, 1.54) is 32.1 Å². The van der Waals surface area contributed by atoms with Crippen molar-refractivity contribution in [3.05, 3.63) is 0 Å². The van der Waals surface area contributed by atoms with Crippen LogP contribution in [0.25, 0.3) is 0 Å². The van der Waals surface area contributed by atoms with Gasteiger partial charge < -0.3 is 10.2 Å². The third kappa shape index (κ3) is 5.71. The van der Waals surface area contributed by atoms with Crippen LogP contribution in [-0.4, -0.2) is 37.1 Å². The Morgan fingerprint density at radius 3 is 2.28 bits per heavy atom. The van der Waals surface area contributed by atoms with E-state index < -0.39 is 0 Å². The van der Waals surface area contributed by atoms with Gasteiger partial charge in [0.05, 0.1) is 0 Å². The summed E-state index contributed by atoms with van der Waals surface area (Å²) in [6.45, 7) is 11.6. The molecule has 1 rings (SSSR count). The van der Waals surface area contributed by atoms with Crippen molar-refractivity contribution in [1.29, 1.82) is 0 Å². The minimum atomic E-state index is 0.711. The van der Waals surface area contributed by atoms with Gasteiger partial charge in [0.1, 0.15) is 0 Å². The third-order valence-corrected chi connectivity index (χ3v) is 4.55. The van der Waals surface area contributed by atoms with E-state index in [2.05, 4.69) is 45.0 Å². The average Bonchev–Trinajstić information content (AvgIpc) is 2.34. The van der Waals surface area contributed by atoms with Gasteiger partial charge in [-0.1, -0.05) is 20.8 Å². The first kappa shape index (κ1) is 16.0. The van der Waals surface area contributed by atoms with Crippen LogP contribution in [-0.2, 0) is 0 Å². The molecule has 2 heteroatoms. The van der Waals surface area contributed by atoms with Gasteiger partial charge in [-0.25, -0.2) is 0 Å². The highest BCUT2D eigenvalue weighted by Crippen LogP contribution is 2.27. The zero-order valence-electron chi connectivity index (χ0n) is 13.2. The number of nitrogens with one attached hydrogen (secondary N) is 1. The van der Waals surface area contributed by atoms with Crippen LogP contribution in [0.4, 0.5) is 0 Å². The number of hydrogen-bond acceptors (Lipinski definition) is 2. The standard InChI is InChI=1S/C16H34N2/c1-13(2)12-17-11-10-15(4)18(5)16-8-6-14(3)7-9-16/h13-17H,6-12H2,1-5H3. The normalized spacial score (nSPS) is 26.8. The third-order valence-electron chi connectivity index (χ3n) is 4.55. The van der Waals surface area contributed by atoms with Crippen LogP contribution in [0.1, 0.15) is 59.8 Å². The molecule has 18 heavy (non-hydrogen) atoms. The first-order valence-corrected chi connectivity index (χ1v) is 7.93. The molecule has 1 unspecified atom stereocenters. The summed E-state index contributed by atoms with van der Waals surface area (Å²) in [5, 5.41) is 3.55. The largest absolute Gasteiger partial charge is 0.316 e. The van der Waals surface area contributed by atoms with Gasteiger partial charge in [0, 0.05) is 12.1 Å². The molecule has 0 aromatic carbocycles. The summed E-state index contributed by atoms with van der Waals surface area (Å²) in [5.41, 5.74) is 0. The monoisotopic (exact) mass is 254 g/mol. The number of rotatable bonds is 7. The second-order valence-electron chi connectivity index (χ2n) is 6.81. The van der Waals surface area contributed by atoms with E-state index in [0.717, 1.165) is 31.0 Å². The van der Waals surface area contributed by atoms with Crippen LogP contribution < -0.4 is 5.32 Å². The molecular weight excluding hydrogens is 220 g/mol. The van der Waals surface area contributed by atoms with Crippen LogP contribution in [0.3, 0.4) is 0 Å². The highest BCUT2D eigenvalue weighted by atomic mass is 15.2. The zero-order valence-corrected chi connectivity index (χ0v) is 13.2. The van der Waals surface area contributed by atoms with Crippen molar-refractivity contribution >= 4 is 0 Å². The van der Waals surface area contributed by atoms with E-state index in [1.807, 2.05) is 0 Å². The highest BCUT2D eigenvalue weighted by Gasteiger charge is 2.24. The summed E-state index contributed by atoms with van der Waals surface area (Å²) in [5.74, 6) is 1.72. The first-order chi connectivity index (χ1) is 8.50. The van der Waals surface area contributed by atoms with Crippen molar-refractivity contribution in [1.82, 2.24) is 10.2 Å². The van der Waals surface area contributed by atoms with Gasteiger partial charge in [0.15, 0.2) is 0 Å². The summed E-state index contributed by atoms with van der Waals surface area (Å²) in [4.78, 5) is 2.63. The Bertz CT molecular complexity index is 207. The lowest BCUT2D eigenvalue weighted by atomic mass is 9.86. The van der Waals surface area contributed by atoms with E-state index in [1.54, 1.807) is 0 Å². The second kappa shape index (κ2) is 8.16. The van der Waals surface area contributed by atoms with Crippen molar-refractivity contribution in [2.24, 2.45) is 11.8 Å². The molecule has 2 nitrogen and oxygen atoms in total. The molecular formula is C16H34N2. The lowest BCUT2D eigenvalue weighted by molar-refractivity contribution is 0.126. The predicted molar refractivity (Wildman–Crippen MR) is 81.0 cm³/mol. The summed E-state index contributed by atoms with van der Waals surface area (Å²) >= 11 is 0. The summed E-state index contributed by atoms with van der Waals surface area (Å²) in [7, 11) is 2.33. The van der Waals surface area contributed by atoms with E-state index >= 15 is 0 Å². The van der Waals surface area contributed by atoms with Crippen molar-refractivity contribution in [3.8, 4) is 0 Å². The van der Waals surface area contributed by atoms with Crippen LogP contribution >= 0.6 is 0 Å². The van der Waals surface area contributed by atoms with E-state index in [4.69, 9.17) is 0 Å². The highest BCUT2D eigenvalue weighted by molar-refractivity contribution is 4.79. The Morgan fingerprint density at radius 1 is 1.11 bits per heavy atom. The molecule has 108 valence electrons. The van der Waals surface area contributed by atoms with Gasteiger partial charge in [-0.2, -0.15) is 0 Å². The molecule has 0 heterocycles. The van der Waals surface area contributed by atoms with Crippen molar-refractivity contribution in [3.63, 3.8) is 0 Å². The molecule has 1 N–H and O–H groups in total. The van der Waals surface area contributed by atoms with Gasteiger partial charge in [0.25, 0.3) is 0 Å². The Morgan fingerprint density at radius 2 is 1.72 bits per heavy atom. The van der Waals surface area contributed by atoms with Crippen molar-refractivity contribution < 1.29 is 0 Å². The van der Waals surface area contributed by atoms with Gasteiger partial charge in [-0.15, -0.1) is 0 Å². The molecule has 0 spiro atoms. The topological polar surface area (TPSA) is 15.3 Å². The van der Waals surface area contributed by atoms with Crippen molar-refractivity contribution in [2.75, 3.05) is 20.1 Å². The molecule has 1 saturated carbocycles. The predicted octanol–water partition coefficient (Wildman–Crippen LogP) is 3.52. The Labute approximate surface area is 115 Å². The van der Waals surface area contributed by atoms with Gasteiger partial charge in [-0.05, 0) is 71.0 Å². The Kier molecular flexibility index (Phi) is 7.25. The first-order valence-electron chi connectivity index (χ1n) is 7.93. The van der Waals surface area contributed by atoms with E-state index in [0.29, 0.717) is 6.04 Å². The Balaban J connectivity index is 2.17. The maximum Gasteiger partial charge on any atom is 0.00952 e. The lowest BCUT2D eigenvalue weighted by Gasteiger charge is -2.37. The molecule has 1 atom stereocenters. The minimum Gasteiger partial charge on any atom is -0.316 e. The van der Waals surface area contributed by atoms with E-state index in [9.17, 15) is 0 Å². The molecule has 1 aliphatic carbocycles. The molecule has 1 fully saturated rings. The van der Waals surface area contributed by atoms with Crippen molar-refractivity contribution in [2.45, 2.75) is 71.9 Å². The van der Waals surface area contributed by atoms with Crippen LogP contribution in [0.15, 0.2) is 0 Å². The fourth-order valence-corrected chi connectivity index (χ4v) is 2.91. The summed E-state index contributed by atoms with van der Waals surface area (Å²) < 4.78 is 0. The van der Waals surface area contributed by atoms with Crippen LogP contribution in [0, 0.1) is 11.8 Å². The number of hydrogen-bond donors (Lipinski definition) is 1. The molecule has 0 aliphatic heterocycles. The smallest absolute Gasteiger partial charge is 0.00952 e. The van der Waals surface area contributed by atoms with Crippen LogP contribution in [0.2, 0.25) is 0 Å². The second-order valence-corrected chi connectivity index (χ2v) is 6.81. The molecule has 0 radical (unpaired) electrons. The zero-order chi connectivity index (χ0) is 13.5. The fraction of sp³-hybridized carbons (Fsp3) is 1.00. The van der Waals surface area contributed by atoms with Gasteiger partial charge in [0.2, 0.25) is 0 Å². The maximum atomic E-state index is 3.55. The minimum absolute atomic E-state index is 0.711. The molecule has 0 saturated heterocycles. The quantitative estimate of drug-likeness (QED) is 0.699. The fourth-order valence-electron chi connectivity index (χ4n) is 2.91. The molecule has 0 aromatic rings. The maximum absolute atomic E-state index is 3.55. The number of nitrogens with zero attached hydrogens (tertiary/aromatic N) is 1. The average molecular weight is 254 g/mol. The summed E-state index contributed by atoms with van der Waals surface area (Å²) in [6.07, 6.45) is 6.93. The molecule has 0 bridgehead atoms.